The molecule has 1 fully saturated rings. The zero-order valence-corrected chi connectivity index (χ0v) is 11.9. The van der Waals surface area contributed by atoms with Crippen LogP contribution in [0.3, 0.4) is 0 Å². The third kappa shape index (κ3) is 3.68. The van der Waals surface area contributed by atoms with Gasteiger partial charge in [0.2, 0.25) is 0 Å². The summed E-state index contributed by atoms with van der Waals surface area (Å²) in [4.78, 5) is 13.8. The second kappa shape index (κ2) is 6.37. The number of alkyl halides is 3. The molecule has 1 aromatic rings. The van der Waals surface area contributed by atoms with Crippen LogP contribution in [0.5, 0.6) is 0 Å². The summed E-state index contributed by atoms with van der Waals surface area (Å²) in [5.41, 5.74) is 1.10. The van der Waals surface area contributed by atoms with Gasteiger partial charge in [0.05, 0.1) is 11.5 Å². The van der Waals surface area contributed by atoms with Crippen molar-refractivity contribution in [2.45, 2.75) is 25.9 Å². The van der Waals surface area contributed by atoms with Gasteiger partial charge in [-0.1, -0.05) is 12.1 Å². The molecule has 116 valence electrons. The number of benzene rings is 1. The molecule has 1 saturated heterocycles. The normalized spacial score (nSPS) is 19.4. The molecule has 1 amide bonds. The van der Waals surface area contributed by atoms with Gasteiger partial charge in [-0.3, -0.25) is 4.79 Å². The van der Waals surface area contributed by atoms with Gasteiger partial charge >= 0.3 is 6.18 Å². The van der Waals surface area contributed by atoms with Crippen LogP contribution >= 0.6 is 0 Å². The highest BCUT2D eigenvalue weighted by Gasteiger charge is 2.42. The van der Waals surface area contributed by atoms with Crippen molar-refractivity contribution in [1.82, 2.24) is 4.90 Å². The van der Waals surface area contributed by atoms with Gasteiger partial charge in [-0.25, -0.2) is 0 Å². The van der Waals surface area contributed by atoms with Gasteiger partial charge in [0.1, 0.15) is 0 Å². The molecule has 0 aromatic heterocycles. The molecule has 2 rings (SSSR count). The molecule has 1 aliphatic heterocycles. The quantitative estimate of drug-likeness (QED) is 0.926. The standard InChI is InChI=1S/C15H19F3N2O/c1-2-19-13-8-4-3-7-12(13)14(21)20-9-5-6-11(10-20)15(16,17)18/h3-4,7-8,11,19H,2,5-6,9-10H2,1H3. The minimum absolute atomic E-state index is 0.0993. The Morgan fingerprint density at radius 3 is 2.76 bits per heavy atom. The predicted molar refractivity (Wildman–Crippen MR) is 75.3 cm³/mol. The number of nitrogens with zero attached hydrogens (tertiary/aromatic N) is 1. The van der Waals surface area contributed by atoms with Crippen molar-refractivity contribution >= 4 is 11.6 Å². The molecule has 1 atom stereocenters. The minimum Gasteiger partial charge on any atom is -0.385 e. The first kappa shape index (κ1) is 15.7. The van der Waals surface area contributed by atoms with E-state index >= 15 is 0 Å². The van der Waals surface area contributed by atoms with Gasteiger partial charge in [0.15, 0.2) is 0 Å². The van der Waals surface area contributed by atoms with Crippen LogP contribution in [0.15, 0.2) is 24.3 Å². The van der Waals surface area contributed by atoms with E-state index in [1.807, 2.05) is 6.92 Å². The Kier molecular flexibility index (Phi) is 4.75. The van der Waals surface area contributed by atoms with E-state index in [2.05, 4.69) is 5.32 Å². The van der Waals surface area contributed by atoms with Gasteiger partial charge in [-0.2, -0.15) is 13.2 Å². The molecule has 1 N–H and O–H groups in total. The van der Waals surface area contributed by atoms with Crippen LogP contribution in [-0.2, 0) is 0 Å². The fraction of sp³-hybridized carbons (Fsp3) is 0.533. The number of halogens is 3. The van der Waals surface area contributed by atoms with Gasteiger partial charge in [-0.15, -0.1) is 0 Å². The van der Waals surface area contributed by atoms with E-state index in [0.29, 0.717) is 30.8 Å². The Morgan fingerprint density at radius 1 is 1.38 bits per heavy atom. The largest absolute Gasteiger partial charge is 0.393 e. The first-order chi connectivity index (χ1) is 9.93. The fourth-order valence-electron chi connectivity index (χ4n) is 2.61. The monoisotopic (exact) mass is 300 g/mol. The zero-order valence-electron chi connectivity index (χ0n) is 11.9. The van der Waals surface area contributed by atoms with E-state index in [9.17, 15) is 18.0 Å². The molecule has 0 radical (unpaired) electrons. The highest BCUT2D eigenvalue weighted by atomic mass is 19.4. The van der Waals surface area contributed by atoms with Crippen LogP contribution in [0.4, 0.5) is 18.9 Å². The van der Waals surface area contributed by atoms with Crippen molar-refractivity contribution < 1.29 is 18.0 Å². The van der Waals surface area contributed by atoms with Crippen molar-refractivity contribution in [3.63, 3.8) is 0 Å². The number of hydrogen-bond acceptors (Lipinski definition) is 2. The molecular weight excluding hydrogens is 281 g/mol. The average molecular weight is 300 g/mol. The van der Waals surface area contributed by atoms with Gasteiger partial charge in [0.25, 0.3) is 5.91 Å². The van der Waals surface area contributed by atoms with E-state index in [1.54, 1.807) is 24.3 Å². The van der Waals surface area contributed by atoms with Crippen LogP contribution < -0.4 is 5.32 Å². The molecule has 0 bridgehead atoms. The van der Waals surface area contributed by atoms with Gasteiger partial charge in [-0.05, 0) is 31.9 Å². The third-order valence-corrected chi connectivity index (χ3v) is 3.70. The molecule has 1 heterocycles. The first-order valence-corrected chi connectivity index (χ1v) is 7.12. The van der Waals surface area contributed by atoms with E-state index in [1.165, 1.54) is 4.90 Å². The number of amides is 1. The van der Waals surface area contributed by atoms with E-state index < -0.39 is 12.1 Å². The Labute approximate surface area is 122 Å². The lowest BCUT2D eigenvalue weighted by atomic mass is 9.96. The summed E-state index contributed by atoms with van der Waals surface area (Å²) in [5, 5.41) is 3.07. The number of likely N-dealkylation sites (tertiary alicyclic amines) is 1. The summed E-state index contributed by atoms with van der Waals surface area (Å²) in [6, 6.07) is 6.93. The molecular formula is C15H19F3N2O. The van der Waals surface area contributed by atoms with Crippen molar-refractivity contribution in [3.8, 4) is 0 Å². The molecule has 0 saturated carbocycles. The predicted octanol–water partition coefficient (Wildman–Crippen LogP) is 3.53. The summed E-state index contributed by atoms with van der Waals surface area (Å²) in [6.45, 7) is 2.69. The van der Waals surface area contributed by atoms with Crippen LogP contribution in [0.2, 0.25) is 0 Å². The Balaban J connectivity index is 2.16. The topological polar surface area (TPSA) is 32.3 Å². The van der Waals surface area contributed by atoms with Crippen molar-refractivity contribution in [2.24, 2.45) is 5.92 Å². The van der Waals surface area contributed by atoms with Crippen LogP contribution in [0, 0.1) is 5.92 Å². The highest BCUT2D eigenvalue weighted by molar-refractivity contribution is 5.99. The molecule has 3 nitrogen and oxygen atoms in total. The summed E-state index contributed by atoms with van der Waals surface area (Å²) < 4.78 is 38.5. The van der Waals surface area contributed by atoms with E-state index in [0.717, 1.165) is 0 Å². The van der Waals surface area contributed by atoms with Crippen LogP contribution in [0.1, 0.15) is 30.1 Å². The van der Waals surface area contributed by atoms with Crippen LogP contribution in [-0.4, -0.2) is 36.6 Å². The molecule has 1 aliphatic rings. The lowest BCUT2D eigenvalue weighted by Crippen LogP contribution is -2.44. The van der Waals surface area contributed by atoms with Crippen LogP contribution in [0.25, 0.3) is 0 Å². The van der Waals surface area contributed by atoms with Crippen molar-refractivity contribution in [3.05, 3.63) is 29.8 Å². The number of hydrogen-bond donors (Lipinski definition) is 1. The fourth-order valence-corrected chi connectivity index (χ4v) is 2.61. The SMILES string of the molecule is CCNc1ccccc1C(=O)N1CCCC(C(F)(F)F)C1. The number of carbonyl (C=O) groups excluding carboxylic acids is 1. The van der Waals surface area contributed by atoms with Gasteiger partial charge < -0.3 is 10.2 Å². The second-order valence-corrected chi connectivity index (χ2v) is 5.21. The first-order valence-electron chi connectivity index (χ1n) is 7.12. The maximum atomic E-state index is 12.8. The average Bonchev–Trinajstić information content (AvgIpc) is 2.47. The lowest BCUT2D eigenvalue weighted by molar-refractivity contribution is -0.184. The van der Waals surface area contributed by atoms with Gasteiger partial charge in [0, 0.05) is 25.3 Å². The third-order valence-electron chi connectivity index (χ3n) is 3.70. The molecule has 0 spiro atoms. The maximum absolute atomic E-state index is 12.8. The Bertz CT molecular complexity index is 502. The number of rotatable bonds is 3. The molecule has 1 unspecified atom stereocenters. The molecule has 6 heteroatoms. The smallest absolute Gasteiger partial charge is 0.385 e. The lowest BCUT2D eigenvalue weighted by Gasteiger charge is -2.34. The van der Waals surface area contributed by atoms with E-state index in [-0.39, 0.29) is 18.9 Å². The number of nitrogens with one attached hydrogen (secondary N) is 1. The second-order valence-electron chi connectivity index (χ2n) is 5.21. The molecule has 21 heavy (non-hydrogen) atoms. The zero-order chi connectivity index (χ0) is 15.5. The summed E-state index contributed by atoms with van der Waals surface area (Å²) in [7, 11) is 0. The van der Waals surface area contributed by atoms with Crippen molar-refractivity contribution in [2.75, 3.05) is 25.0 Å². The summed E-state index contributed by atoms with van der Waals surface area (Å²) >= 11 is 0. The Morgan fingerprint density at radius 2 is 2.10 bits per heavy atom. The number of anilines is 1. The molecule has 1 aromatic carbocycles. The molecule has 0 aliphatic carbocycles. The van der Waals surface area contributed by atoms with E-state index in [4.69, 9.17) is 0 Å². The summed E-state index contributed by atoms with van der Waals surface area (Å²) in [6.07, 6.45) is -3.75. The summed E-state index contributed by atoms with van der Waals surface area (Å²) in [5.74, 6) is -1.75. The minimum atomic E-state index is -4.24. The highest BCUT2D eigenvalue weighted by Crippen LogP contribution is 2.33. The Hall–Kier alpha value is -1.72. The number of carbonyl (C=O) groups is 1. The van der Waals surface area contributed by atoms with Crippen molar-refractivity contribution in [1.29, 1.82) is 0 Å². The maximum Gasteiger partial charge on any atom is 0.393 e. The number of para-hydroxylation sites is 1. The number of piperidine rings is 1.